The van der Waals surface area contributed by atoms with E-state index in [-0.39, 0.29) is 15.7 Å². The Bertz CT molecular complexity index is 1070. The van der Waals surface area contributed by atoms with Gasteiger partial charge in [0.05, 0.1) is 21.3 Å². The summed E-state index contributed by atoms with van der Waals surface area (Å²) in [6.45, 7) is -1.19. The Morgan fingerprint density at radius 3 is 2.59 bits per heavy atom. The average Bonchev–Trinajstić information content (AvgIpc) is 3.02. The maximum atomic E-state index is 12.6. The van der Waals surface area contributed by atoms with Crippen molar-refractivity contribution in [2.45, 2.75) is 18.4 Å². The number of hydrogen-bond donors (Lipinski definition) is 1. The smallest absolute Gasteiger partial charge is 0.387 e. The first-order valence-electron chi connectivity index (χ1n) is 7.64. The molecule has 10 heteroatoms. The van der Waals surface area contributed by atoms with Gasteiger partial charge in [0.1, 0.15) is 5.75 Å². The van der Waals surface area contributed by atoms with E-state index in [1.807, 2.05) is 13.0 Å². The Labute approximate surface area is 159 Å². The van der Waals surface area contributed by atoms with Gasteiger partial charge >= 0.3 is 6.61 Å². The van der Waals surface area contributed by atoms with E-state index in [0.29, 0.717) is 11.4 Å². The molecule has 0 unspecified atom stereocenters. The number of ether oxygens (including phenoxy) is 1. The molecule has 1 heterocycles. The van der Waals surface area contributed by atoms with E-state index in [9.17, 15) is 17.2 Å². The van der Waals surface area contributed by atoms with Gasteiger partial charge in [0, 0.05) is 11.9 Å². The van der Waals surface area contributed by atoms with E-state index in [4.69, 9.17) is 11.6 Å². The zero-order valence-electron chi connectivity index (χ0n) is 13.9. The van der Waals surface area contributed by atoms with Crippen LogP contribution in [0.25, 0.3) is 5.69 Å². The molecule has 0 saturated carbocycles. The van der Waals surface area contributed by atoms with Crippen LogP contribution in [-0.4, -0.2) is 24.8 Å². The van der Waals surface area contributed by atoms with Gasteiger partial charge < -0.3 is 4.74 Å². The molecule has 0 radical (unpaired) electrons. The fourth-order valence-corrected chi connectivity index (χ4v) is 3.76. The first-order valence-corrected chi connectivity index (χ1v) is 9.50. The quantitative estimate of drug-likeness (QED) is 0.656. The number of alkyl halides is 2. The van der Waals surface area contributed by atoms with E-state index in [1.165, 1.54) is 0 Å². The molecule has 1 aromatic heterocycles. The summed E-state index contributed by atoms with van der Waals surface area (Å²) >= 11 is 5.83. The third-order valence-corrected chi connectivity index (χ3v) is 5.28. The largest absolute Gasteiger partial charge is 0.433 e. The number of aromatic nitrogens is 2. The van der Waals surface area contributed by atoms with Gasteiger partial charge in [-0.1, -0.05) is 17.7 Å². The molecule has 3 aromatic rings. The molecule has 0 aliphatic heterocycles. The van der Waals surface area contributed by atoms with Crippen LogP contribution in [0.2, 0.25) is 5.02 Å². The van der Waals surface area contributed by atoms with E-state index < -0.39 is 16.6 Å². The summed E-state index contributed by atoms with van der Waals surface area (Å²) in [7, 11) is -3.98. The lowest BCUT2D eigenvalue weighted by Gasteiger charge is -2.12. The van der Waals surface area contributed by atoms with Crippen molar-refractivity contribution in [2.75, 3.05) is 4.72 Å². The first-order chi connectivity index (χ1) is 12.8. The number of sulfonamides is 1. The molecule has 0 fully saturated rings. The van der Waals surface area contributed by atoms with Crippen LogP contribution in [0.3, 0.4) is 0 Å². The number of rotatable bonds is 6. The lowest BCUT2D eigenvalue weighted by atomic mass is 10.3. The first kappa shape index (κ1) is 19.1. The summed E-state index contributed by atoms with van der Waals surface area (Å²) in [5.74, 6) is -0.304. The van der Waals surface area contributed by atoms with Gasteiger partial charge in [-0.2, -0.15) is 13.9 Å². The Balaban J connectivity index is 1.87. The summed E-state index contributed by atoms with van der Waals surface area (Å²) in [5, 5.41) is 3.94. The Morgan fingerprint density at radius 1 is 1.19 bits per heavy atom. The average molecular weight is 414 g/mol. The van der Waals surface area contributed by atoms with Gasteiger partial charge in [0.2, 0.25) is 0 Å². The summed E-state index contributed by atoms with van der Waals surface area (Å²) < 4.78 is 58.0. The van der Waals surface area contributed by atoms with Crippen molar-refractivity contribution in [1.82, 2.24) is 9.78 Å². The van der Waals surface area contributed by atoms with Crippen LogP contribution >= 0.6 is 11.6 Å². The van der Waals surface area contributed by atoms with Crippen molar-refractivity contribution in [3.05, 3.63) is 65.4 Å². The van der Waals surface area contributed by atoms with Crippen molar-refractivity contribution in [3.8, 4) is 11.4 Å². The van der Waals surface area contributed by atoms with Crippen molar-refractivity contribution < 1.29 is 21.9 Å². The van der Waals surface area contributed by atoms with Gasteiger partial charge in [-0.3, -0.25) is 4.72 Å². The van der Waals surface area contributed by atoms with Crippen LogP contribution in [0.4, 0.5) is 14.5 Å². The second-order valence-electron chi connectivity index (χ2n) is 5.51. The number of hydrogen-bond acceptors (Lipinski definition) is 4. The molecule has 0 saturated heterocycles. The van der Waals surface area contributed by atoms with Crippen molar-refractivity contribution in [3.63, 3.8) is 0 Å². The predicted molar refractivity (Wildman–Crippen MR) is 97.2 cm³/mol. The third kappa shape index (κ3) is 4.37. The molecule has 0 bridgehead atoms. The molecular weight excluding hydrogens is 400 g/mol. The maximum Gasteiger partial charge on any atom is 0.387 e. The lowest BCUT2D eigenvalue weighted by molar-refractivity contribution is -0.0498. The lowest BCUT2D eigenvalue weighted by Crippen LogP contribution is -2.13. The Hall–Kier alpha value is -2.65. The summed E-state index contributed by atoms with van der Waals surface area (Å²) in [6.07, 6.45) is 1.64. The second kappa shape index (κ2) is 7.53. The minimum atomic E-state index is -3.98. The molecule has 6 nitrogen and oxygen atoms in total. The number of benzene rings is 2. The standard InChI is InChI=1S/C17H14ClF2N3O3S/c1-11-7-8-21-23(11)13-4-2-3-12(9-13)22-27(24,25)14-5-6-16(15(18)10-14)26-17(19)20/h2-10,17,22H,1H3. The number of halogens is 3. The van der Waals surface area contributed by atoms with Crippen molar-refractivity contribution >= 4 is 27.3 Å². The monoisotopic (exact) mass is 413 g/mol. The van der Waals surface area contributed by atoms with Gasteiger partial charge in [-0.05, 0) is 49.4 Å². The minimum absolute atomic E-state index is 0.185. The number of anilines is 1. The molecule has 0 aliphatic carbocycles. The number of aryl methyl sites for hydroxylation is 1. The van der Waals surface area contributed by atoms with Crippen LogP contribution in [0.15, 0.2) is 59.6 Å². The molecule has 27 heavy (non-hydrogen) atoms. The molecule has 0 atom stereocenters. The second-order valence-corrected chi connectivity index (χ2v) is 7.60. The molecule has 0 spiro atoms. The molecule has 1 N–H and O–H groups in total. The normalized spacial score (nSPS) is 11.6. The Morgan fingerprint density at radius 2 is 1.96 bits per heavy atom. The molecular formula is C17H14ClF2N3O3S. The topological polar surface area (TPSA) is 73.2 Å². The number of nitrogens with zero attached hydrogens (tertiary/aromatic N) is 2. The van der Waals surface area contributed by atoms with Crippen LogP contribution in [0.1, 0.15) is 5.69 Å². The molecule has 3 rings (SSSR count). The van der Waals surface area contributed by atoms with Gasteiger partial charge in [-0.25, -0.2) is 13.1 Å². The highest BCUT2D eigenvalue weighted by molar-refractivity contribution is 7.92. The van der Waals surface area contributed by atoms with Crippen LogP contribution in [0, 0.1) is 6.92 Å². The summed E-state index contributed by atoms with van der Waals surface area (Å²) in [6, 6.07) is 11.7. The minimum Gasteiger partial charge on any atom is -0.433 e. The highest BCUT2D eigenvalue weighted by Crippen LogP contribution is 2.29. The highest BCUT2D eigenvalue weighted by Gasteiger charge is 2.18. The van der Waals surface area contributed by atoms with Gasteiger partial charge in [0.15, 0.2) is 0 Å². The van der Waals surface area contributed by atoms with Crippen molar-refractivity contribution in [2.24, 2.45) is 0 Å². The summed E-state index contributed by atoms with van der Waals surface area (Å²) in [4.78, 5) is -0.185. The van der Waals surface area contributed by atoms with Gasteiger partial charge in [0.25, 0.3) is 10.0 Å². The molecule has 2 aromatic carbocycles. The van der Waals surface area contributed by atoms with E-state index >= 15 is 0 Å². The van der Waals surface area contributed by atoms with Crippen LogP contribution in [-0.2, 0) is 10.0 Å². The third-order valence-electron chi connectivity index (χ3n) is 3.60. The number of nitrogens with one attached hydrogen (secondary N) is 1. The highest BCUT2D eigenvalue weighted by atomic mass is 35.5. The fraction of sp³-hybridized carbons (Fsp3) is 0.118. The maximum absolute atomic E-state index is 12.6. The van der Waals surface area contributed by atoms with E-state index in [2.05, 4.69) is 14.6 Å². The van der Waals surface area contributed by atoms with Crippen LogP contribution < -0.4 is 9.46 Å². The SMILES string of the molecule is Cc1ccnn1-c1cccc(NS(=O)(=O)c2ccc(OC(F)F)c(Cl)c2)c1. The van der Waals surface area contributed by atoms with E-state index in [0.717, 1.165) is 23.9 Å². The van der Waals surface area contributed by atoms with E-state index in [1.54, 1.807) is 35.1 Å². The summed E-state index contributed by atoms with van der Waals surface area (Å²) in [5.41, 5.74) is 1.87. The predicted octanol–water partition coefficient (Wildman–Crippen LogP) is 4.24. The Kier molecular flexibility index (Phi) is 5.33. The zero-order chi connectivity index (χ0) is 19.6. The fourth-order valence-electron chi connectivity index (χ4n) is 2.40. The molecule has 142 valence electrons. The van der Waals surface area contributed by atoms with Gasteiger partial charge in [-0.15, -0.1) is 0 Å². The van der Waals surface area contributed by atoms with Crippen molar-refractivity contribution in [1.29, 1.82) is 0 Å². The van der Waals surface area contributed by atoms with Crippen LogP contribution in [0.5, 0.6) is 5.75 Å². The molecule has 0 aliphatic rings. The zero-order valence-corrected chi connectivity index (χ0v) is 15.5. The molecule has 0 amide bonds.